The number of nitrogens with zero attached hydrogens (tertiary/aromatic N) is 1. The molecule has 2 aromatic rings. The molecule has 110 valence electrons. The molecule has 0 atom stereocenters. The monoisotopic (exact) mass is 324 g/mol. The maximum atomic E-state index is 12.2. The third-order valence-corrected chi connectivity index (χ3v) is 3.58. The highest BCUT2D eigenvalue weighted by atomic mass is 35.5. The number of phenols is 1. The summed E-state index contributed by atoms with van der Waals surface area (Å²) in [5.74, 6) is -0.309. The van der Waals surface area contributed by atoms with E-state index in [4.69, 9.17) is 23.2 Å². The molecule has 21 heavy (non-hydrogen) atoms. The Morgan fingerprint density at radius 3 is 2.81 bits per heavy atom. The predicted molar refractivity (Wildman–Crippen MR) is 82.9 cm³/mol. The molecule has 0 bridgehead atoms. The smallest absolute Gasteiger partial charge is 0.251 e. The van der Waals surface area contributed by atoms with Gasteiger partial charge in [-0.15, -0.1) is 0 Å². The lowest BCUT2D eigenvalue weighted by Crippen LogP contribution is -2.24. The quantitative estimate of drug-likeness (QED) is 0.903. The van der Waals surface area contributed by atoms with Crippen LogP contribution in [0.5, 0.6) is 5.75 Å². The molecule has 1 aromatic carbocycles. The van der Waals surface area contributed by atoms with Crippen molar-refractivity contribution in [1.29, 1.82) is 0 Å². The van der Waals surface area contributed by atoms with Gasteiger partial charge in [0.05, 0.1) is 5.02 Å². The van der Waals surface area contributed by atoms with Gasteiger partial charge in [-0.05, 0) is 30.2 Å². The molecular weight excluding hydrogens is 311 g/mol. The Kier molecular flexibility index (Phi) is 5.04. The zero-order valence-electron chi connectivity index (χ0n) is 11.4. The molecule has 1 aromatic heterocycles. The van der Waals surface area contributed by atoms with Crippen LogP contribution in [-0.4, -0.2) is 16.0 Å². The van der Waals surface area contributed by atoms with Gasteiger partial charge in [-0.25, -0.2) is 0 Å². The fraction of sp³-hybridized carbons (Fsp3) is 0.200. The summed E-state index contributed by atoms with van der Waals surface area (Å²) in [4.78, 5) is 16.2. The fourth-order valence-electron chi connectivity index (χ4n) is 1.96. The summed E-state index contributed by atoms with van der Waals surface area (Å²) in [7, 11) is 0. The second-order valence-corrected chi connectivity index (χ2v) is 5.31. The lowest BCUT2D eigenvalue weighted by Gasteiger charge is -2.10. The summed E-state index contributed by atoms with van der Waals surface area (Å²) in [5.41, 5.74) is 1.90. The van der Waals surface area contributed by atoms with Crippen LogP contribution in [0.3, 0.4) is 0 Å². The third-order valence-electron chi connectivity index (χ3n) is 3.08. The zero-order valence-corrected chi connectivity index (χ0v) is 12.9. The first-order valence-electron chi connectivity index (χ1n) is 6.41. The molecule has 0 aliphatic carbocycles. The number of rotatable bonds is 4. The molecule has 2 N–H and O–H groups in total. The minimum atomic E-state index is -0.232. The van der Waals surface area contributed by atoms with Gasteiger partial charge in [0.1, 0.15) is 5.75 Å². The number of phenolic OH excluding ortho intramolecular Hbond substituents is 1. The van der Waals surface area contributed by atoms with Gasteiger partial charge in [0.15, 0.2) is 0 Å². The maximum Gasteiger partial charge on any atom is 0.251 e. The highest BCUT2D eigenvalue weighted by Gasteiger charge is 2.12. The topological polar surface area (TPSA) is 62.2 Å². The number of aromatic hydroxyl groups is 1. The average molecular weight is 325 g/mol. The standard InChI is InChI=1S/C15H14Cl2N2O2/c1-2-9-7-18-4-3-12(9)15(21)19-8-10-5-11(16)6-13(17)14(10)20/h3-7,20H,2,8H2,1H3,(H,19,21). The molecule has 0 radical (unpaired) electrons. The van der Waals surface area contributed by atoms with E-state index in [0.717, 1.165) is 5.56 Å². The summed E-state index contributed by atoms with van der Waals surface area (Å²) >= 11 is 11.7. The summed E-state index contributed by atoms with van der Waals surface area (Å²) in [6.45, 7) is 2.09. The number of amides is 1. The van der Waals surface area contributed by atoms with Crippen molar-refractivity contribution < 1.29 is 9.90 Å². The largest absolute Gasteiger partial charge is 0.506 e. The van der Waals surface area contributed by atoms with Crippen molar-refractivity contribution in [2.24, 2.45) is 0 Å². The van der Waals surface area contributed by atoms with E-state index in [9.17, 15) is 9.90 Å². The van der Waals surface area contributed by atoms with Crippen molar-refractivity contribution in [3.05, 3.63) is 57.3 Å². The van der Waals surface area contributed by atoms with Crippen LogP contribution in [0.25, 0.3) is 0 Å². The van der Waals surface area contributed by atoms with Crippen molar-refractivity contribution in [1.82, 2.24) is 10.3 Å². The van der Waals surface area contributed by atoms with Gasteiger partial charge < -0.3 is 10.4 Å². The number of aryl methyl sites for hydroxylation is 1. The van der Waals surface area contributed by atoms with Crippen molar-refractivity contribution in [3.8, 4) is 5.75 Å². The lowest BCUT2D eigenvalue weighted by atomic mass is 10.1. The Bertz CT molecular complexity index is 675. The zero-order chi connectivity index (χ0) is 15.4. The van der Waals surface area contributed by atoms with Crippen molar-refractivity contribution in [3.63, 3.8) is 0 Å². The summed E-state index contributed by atoms with van der Waals surface area (Å²) in [6, 6.07) is 4.68. The Balaban J connectivity index is 2.15. The van der Waals surface area contributed by atoms with E-state index in [2.05, 4.69) is 10.3 Å². The first-order valence-corrected chi connectivity index (χ1v) is 7.16. The molecular formula is C15H14Cl2N2O2. The number of carbonyl (C=O) groups is 1. The molecule has 4 nitrogen and oxygen atoms in total. The second kappa shape index (κ2) is 6.78. The summed E-state index contributed by atoms with van der Waals surface area (Å²) in [6.07, 6.45) is 3.95. The van der Waals surface area contributed by atoms with Gasteiger partial charge in [-0.3, -0.25) is 9.78 Å². The van der Waals surface area contributed by atoms with E-state index >= 15 is 0 Å². The number of nitrogens with one attached hydrogen (secondary N) is 1. The van der Waals surface area contributed by atoms with Crippen LogP contribution in [0.1, 0.15) is 28.4 Å². The fourth-order valence-corrected chi connectivity index (χ4v) is 2.49. The molecule has 1 amide bonds. The summed E-state index contributed by atoms with van der Waals surface area (Å²) in [5, 5.41) is 13.2. The molecule has 0 saturated heterocycles. The lowest BCUT2D eigenvalue weighted by molar-refractivity contribution is 0.0949. The van der Waals surface area contributed by atoms with Crippen LogP contribution in [0.4, 0.5) is 0 Å². The van der Waals surface area contributed by atoms with Crippen LogP contribution in [0, 0.1) is 0 Å². The Hall–Kier alpha value is -1.78. The minimum Gasteiger partial charge on any atom is -0.506 e. The van der Waals surface area contributed by atoms with Gasteiger partial charge in [-0.2, -0.15) is 0 Å². The number of halogens is 2. The van der Waals surface area contributed by atoms with Gasteiger partial charge in [0.2, 0.25) is 0 Å². The molecule has 0 spiro atoms. The number of hydrogen-bond donors (Lipinski definition) is 2. The van der Waals surface area contributed by atoms with E-state index in [0.29, 0.717) is 22.6 Å². The predicted octanol–water partition coefficient (Wildman–Crippen LogP) is 3.59. The highest BCUT2D eigenvalue weighted by Crippen LogP contribution is 2.31. The first-order chi connectivity index (χ1) is 10.0. The van der Waals surface area contributed by atoms with Crippen LogP contribution in [0.15, 0.2) is 30.6 Å². The number of pyridine rings is 1. The van der Waals surface area contributed by atoms with E-state index in [1.807, 2.05) is 6.92 Å². The minimum absolute atomic E-state index is 0.0770. The molecule has 0 fully saturated rings. The molecule has 0 aliphatic heterocycles. The van der Waals surface area contributed by atoms with E-state index in [1.54, 1.807) is 24.5 Å². The van der Waals surface area contributed by atoms with Gasteiger partial charge in [0, 0.05) is 35.1 Å². The van der Waals surface area contributed by atoms with Crippen LogP contribution >= 0.6 is 23.2 Å². The van der Waals surface area contributed by atoms with Gasteiger partial charge in [-0.1, -0.05) is 30.1 Å². The maximum absolute atomic E-state index is 12.2. The molecule has 2 rings (SSSR count). The normalized spacial score (nSPS) is 10.4. The first kappa shape index (κ1) is 15.6. The third kappa shape index (κ3) is 3.65. The average Bonchev–Trinajstić information content (AvgIpc) is 2.49. The number of benzene rings is 1. The van der Waals surface area contributed by atoms with Crippen LogP contribution in [0.2, 0.25) is 10.0 Å². The Labute approximate surface area is 132 Å². The molecule has 6 heteroatoms. The van der Waals surface area contributed by atoms with E-state index < -0.39 is 0 Å². The van der Waals surface area contributed by atoms with Gasteiger partial charge >= 0.3 is 0 Å². The van der Waals surface area contributed by atoms with Crippen LogP contribution < -0.4 is 5.32 Å². The molecule has 0 unspecified atom stereocenters. The number of carbonyl (C=O) groups excluding carboxylic acids is 1. The SMILES string of the molecule is CCc1cnccc1C(=O)NCc1cc(Cl)cc(Cl)c1O. The highest BCUT2D eigenvalue weighted by molar-refractivity contribution is 6.35. The van der Waals surface area contributed by atoms with Crippen molar-refractivity contribution in [2.75, 3.05) is 0 Å². The number of aromatic nitrogens is 1. The van der Waals surface area contributed by atoms with E-state index in [1.165, 1.54) is 6.07 Å². The second-order valence-electron chi connectivity index (χ2n) is 4.46. The number of hydrogen-bond acceptors (Lipinski definition) is 3. The molecule has 0 saturated carbocycles. The molecule has 0 aliphatic rings. The van der Waals surface area contributed by atoms with Crippen molar-refractivity contribution in [2.45, 2.75) is 19.9 Å². The summed E-state index contributed by atoms with van der Waals surface area (Å²) < 4.78 is 0. The molecule has 1 heterocycles. The Morgan fingerprint density at radius 2 is 2.10 bits per heavy atom. The van der Waals surface area contributed by atoms with Crippen molar-refractivity contribution >= 4 is 29.1 Å². The Morgan fingerprint density at radius 1 is 1.33 bits per heavy atom. The van der Waals surface area contributed by atoms with Gasteiger partial charge in [0.25, 0.3) is 5.91 Å². The van der Waals surface area contributed by atoms with E-state index in [-0.39, 0.29) is 23.2 Å². The van der Waals surface area contributed by atoms with Crippen LogP contribution in [-0.2, 0) is 13.0 Å².